The minimum absolute atomic E-state index is 0.284. The van der Waals surface area contributed by atoms with E-state index < -0.39 is 0 Å². The molecule has 6 heteroatoms. The van der Waals surface area contributed by atoms with Gasteiger partial charge < -0.3 is 19.1 Å². The second-order valence-electron chi connectivity index (χ2n) is 7.07. The van der Waals surface area contributed by atoms with Gasteiger partial charge in [-0.2, -0.15) is 0 Å². The molecule has 144 valence electrons. The van der Waals surface area contributed by atoms with Gasteiger partial charge in [0.2, 0.25) is 0 Å². The maximum absolute atomic E-state index is 12.6. The summed E-state index contributed by atoms with van der Waals surface area (Å²) in [5.74, 6) is 0.291. The van der Waals surface area contributed by atoms with E-state index in [0.29, 0.717) is 18.0 Å². The van der Waals surface area contributed by atoms with Crippen molar-refractivity contribution in [1.29, 1.82) is 0 Å². The third-order valence-corrected chi connectivity index (χ3v) is 4.80. The van der Waals surface area contributed by atoms with E-state index >= 15 is 0 Å². The number of hydrogen-bond donors (Lipinski definition) is 1. The van der Waals surface area contributed by atoms with Crippen LogP contribution in [0.25, 0.3) is 18.2 Å². The van der Waals surface area contributed by atoms with E-state index in [-0.39, 0.29) is 11.6 Å². The number of carbonyl (C=O) groups is 1. The quantitative estimate of drug-likeness (QED) is 0.864. The second kappa shape index (κ2) is 7.38. The Kier molecular flexibility index (Phi) is 4.77. The van der Waals surface area contributed by atoms with Crippen molar-refractivity contribution in [2.45, 2.75) is 26.2 Å². The summed E-state index contributed by atoms with van der Waals surface area (Å²) in [5, 5.41) is 2.92. The maximum atomic E-state index is 12.6. The summed E-state index contributed by atoms with van der Waals surface area (Å²) < 4.78 is 11.3. The topological polar surface area (TPSA) is 71.5 Å². The largest absolute Gasteiger partial charge is 0.456 e. The van der Waals surface area contributed by atoms with Gasteiger partial charge in [0.15, 0.2) is 11.6 Å². The number of nitrogens with zero attached hydrogens (tertiary/aromatic N) is 2. The lowest BCUT2D eigenvalue weighted by molar-refractivity contribution is 0.0962. The Morgan fingerprint density at radius 2 is 2.11 bits per heavy atom. The molecule has 6 nitrogen and oxygen atoms in total. The normalized spacial score (nSPS) is 14.7. The highest BCUT2D eigenvalue weighted by molar-refractivity contribution is 5.94. The number of aromatic nitrogens is 1. The number of furan rings is 1. The average molecular weight is 377 g/mol. The maximum Gasteiger partial charge on any atom is 0.277 e. The third kappa shape index (κ3) is 3.45. The van der Waals surface area contributed by atoms with Gasteiger partial charge >= 0.3 is 0 Å². The second-order valence-corrected chi connectivity index (χ2v) is 7.07. The molecule has 4 rings (SSSR count). The van der Waals surface area contributed by atoms with Crippen LogP contribution < -0.4 is 16.1 Å². The fourth-order valence-corrected chi connectivity index (χ4v) is 3.29. The molecule has 1 N–H and O–H groups in total. The van der Waals surface area contributed by atoms with Crippen LogP contribution in [-0.2, 0) is 12.8 Å². The predicted molar refractivity (Wildman–Crippen MR) is 107 cm³/mol. The molecule has 2 aliphatic carbocycles. The lowest BCUT2D eigenvalue weighted by atomic mass is 10.0. The lowest BCUT2D eigenvalue weighted by Crippen LogP contribution is -2.22. The fraction of sp³-hybridized carbons (Fsp3) is 0.273. The average Bonchev–Trinajstić information content (AvgIpc) is 3.21. The van der Waals surface area contributed by atoms with Gasteiger partial charge in [0.1, 0.15) is 17.1 Å². The van der Waals surface area contributed by atoms with E-state index in [0.717, 1.165) is 34.8 Å². The summed E-state index contributed by atoms with van der Waals surface area (Å²) in [6, 6.07) is 0. The number of fused-ring (bicyclic) bond motifs is 3. The summed E-state index contributed by atoms with van der Waals surface area (Å²) >= 11 is 0. The number of hydrogen-bond acceptors (Lipinski definition) is 5. The van der Waals surface area contributed by atoms with Crippen molar-refractivity contribution in [2.75, 3.05) is 14.1 Å². The van der Waals surface area contributed by atoms with Crippen molar-refractivity contribution in [3.63, 3.8) is 0 Å². The van der Waals surface area contributed by atoms with Crippen molar-refractivity contribution >= 4 is 24.1 Å². The Balaban J connectivity index is 1.61. The molecule has 0 saturated carbocycles. The van der Waals surface area contributed by atoms with Gasteiger partial charge in [-0.3, -0.25) is 4.79 Å². The Hall–Kier alpha value is -3.28. The van der Waals surface area contributed by atoms with E-state index in [4.69, 9.17) is 8.83 Å². The number of aryl methyl sites for hydroxylation is 1. The summed E-state index contributed by atoms with van der Waals surface area (Å²) in [7, 11) is 4.06. The van der Waals surface area contributed by atoms with E-state index in [9.17, 15) is 4.79 Å². The molecule has 0 atom stereocenters. The number of allylic oxidation sites excluding steroid dienone is 4. The zero-order valence-corrected chi connectivity index (χ0v) is 16.3. The lowest BCUT2D eigenvalue weighted by Gasteiger charge is -2.18. The fourth-order valence-electron chi connectivity index (χ4n) is 3.29. The third-order valence-electron chi connectivity index (χ3n) is 4.80. The van der Waals surface area contributed by atoms with Crippen molar-refractivity contribution in [1.82, 2.24) is 15.2 Å². The van der Waals surface area contributed by atoms with Crippen LogP contribution in [0.3, 0.4) is 0 Å². The predicted octanol–water partition coefficient (Wildman–Crippen LogP) is 2.12. The molecule has 2 heterocycles. The number of carbonyl (C=O) groups excluding carboxylic acids is 1. The smallest absolute Gasteiger partial charge is 0.277 e. The van der Waals surface area contributed by atoms with Crippen molar-refractivity contribution < 1.29 is 13.6 Å². The first kappa shape index (κ1) is 18.1. The van der Waals surface area contributed by atoms with Crippen LogP contribution in [0.1, 0.15) is 40.9 Å². The van der Waals surface area contributed by atoms with Gasteiger partial charge in [0, 0.05) is 49.5 Å². The molecular formula is C22H23N3O3. The van der Waals surface area contributed by atoms with Crippen LogP contribution in [0.2, 0.25) is 0 Å². The SMILES string of the molecule is CCCc1nc(C(=O)NC2=Cc3c4c(oc3=CC=C2)=CC=C(N(C)C)C4)co1. The van der Waals surface area contributed by atoms with E-state index in [1.807, 2.05) is 51.4 Å². The van der Waals surface area contributed by atoms with Crippen molar-refractivity contribution in [3.05, 3.63) is 69.4 Å². The zero-order valence-electron chi connectivity index (χ0n) is 16.3. The van der Waals surface area contributed by atoms with Gasteiger partial charge in [-0.05, 0) is 36.8 Å². The molecule has 2 aromatic rings. The van der Waals surface area contributed by atoms with Crippen LogP contribution in [-0.4, -0.2) is 29.9 Å². The minimum Gasteiger partial charge on any atom is -0.456 e. The van der Waals surface area contributed by atoms with Gasteiger partial charge in [-0.25, -0.2) is 4.98 Å². The molecule has 0 bridgehead atoms. The molecule has 0 radical (unpaired) electrons. The van der Waals surface area contributed by atoms with Crippen LogP contribution in [0, 0.1) is 0 Å². The molecule has 0 fully saturated rings. The summed E-state index contributed by atoms with van der Waals surface area (Å²) in [5.41, 5.74) is 5.95. The highest BCUT2D eigenvalue weighted by Crippen LogP contribution is 2.17. The Morgan fingerprint density at radius 1 is 1.25 bits per heavy atom. The summed E-state index contributed by atoms with van der Waals surface area (Å²) in [6.07, 6.45) is 15.5. The number of amides is 1. The van der Waals surface area contributed by atoms with Gasteiger partial charge in [0.25, 0.3) is 5.91 Å². The van der Waals surface area contributed by atoms with Crippen LogP contribution >= 0.6 is 0 Å². The minimum atomic E-state index is -0.289. The summed E-state index contributed by atoms with van der Waals surface area (Å²) in [4.78, 5) is 18.9. The number of likely N-dealkylation sites (N-methyl/N-ethyl adjacent to an activating group) is 1. The molecule has 2 aliphatic rings. The Bertz CT molecular complexity index is 1130. The monoisotopic (exact) mass is 377 g/mol. The van der Waals surface area contributed by atoms with Gasteiger partial charge in [-0.1, -0.05) is 13.0 Å². The van der Waals surface area contributed by atoms with Crippen molar-refractivity contribution in [2.24, 2.45) is 0 Å². The molecule has 0 aliphatic heterocycles. The first-order valence-corrected chi connectivity index (χ1v) is 9.41. The van der Waals surface area contributed by atoms with Crippen LogP contribution in [0.5, 0.6) is 0 Å². The molecule has 0 unspecified atom stereocenters. The number of nitrogens with one attached hydrogen (secondary N) is 1. The Morgan fingerprint density at radius 3 is 2.89 bits per heavy atom. The highest BCUT2D eigenvalue weighted by atomic mass is 16.3. The first-order valence-electron chi connectivity index (χ1n) is 9.41. The molecule has 28 heavy (non-hydrogen) atoms. The molecule has 0 aromatic carbocycles. The highest BCUT2D eigenvalue weighted by Gasteiger charge is 2.18. The van der Waals surface area contributed by atoms with E-state index in [1.54, 1.807) is 0 Å². The van der Waals surface area contributed by atoms with Crippen LogP contribution in [0.4, 0.5) is 0 Å². The zero-order chi connectivity index (χ0) is 19.7. The Labute approximate surface area is 163 Å². The molecule has 1 amide bonds. The number of oxazole rings is 1. The van der Waals surface area contributed by atoms with Gasteiger partial charge in [-0.15, -0.1) is 0 Å². The van der Waals surface area contributed by atoms with Crippen LogP contribution in [0.15, 0.2) is 44.7 Å². The van der Waals surface area contributed by atoms with E-state index in [2.05, 4.69) is 21.3 Å². The standard InChI is InChI=1S/C22H23N3O3/c1-4-6-21-24-18(13-27-21)22(26)23-14-7-5-8-19-16(11-14)17-12-15(25(2)3)9-10-20(17)28-19/h5,7-11,13H,4,6,12H2,1-3H3,(H,23,26). The molecule has 2 aromatic heterocycles. The van der Waals surface area contributed by atoms with Gasteiger partial charge in [0.05, 0.1) is 0 Å². The molecular weight excluding hydrogens is 354 g/mol. The summed E-state index contributed by atoms with van der Waals surface area (Å²) in [6.45, 7) is 2.04. The van der Waals surface area contributed by atoms with Crippen molar-refractivity contribution in [3.8, 4) is 0 Å². The number of rotatable bonds is 5. The van der Waals surface area contributed by atoms with E-state index in [1.165, 1.54) is 12.0 Å². The molecule has 0 saturated heterocycles. The molecule has 0 spiro atoms. The first-order chi connectivity index (χ1) is 13.5.